The van der Waals surface area contributed by atoms with Crippen LogP contribution in [0.3, 0.4) is 0 Å². The maximum Gasteiger partial charge on any atom is 0.327 e. The Balaban J connectivity index is 1.87. The van der Waals surface area contributed by atoms with Crippen LogP contribution in [0.15, 0.2) is 55.1 Å². The lowest BCUT2D eigenvalue weighted by atomic mass is 10.0. The zero-order valence-corrected chi connectivity index (χ0v) is 17.8. The number of aromatic amines is 1. The summed E-state index contributed by atoms with van der Waals surface area (Å²) in [5, 5.41) is 12.0. The maximum atomic E-state index is 13.4. The highest BCUT2D eigenvalue weighted by Crippen LogP contribution is 2.34. The van der Waals surface area contributed by atoms with Crippen LogP contribution in [0, 0.1) is 6.92 Å². The molecule has 1 aliphatic heterocycles. The number of nitrogens with zero attached hydrogens (tertiary/aromatic N) is 1. The Morgan fingerprint density at radius 2 is 2.03 bits per heavy atom. The second-order valence-corrected chi connectivity index (χ2v) is 8.66. The molecule has 1 aliphatic rings. The van der Waals surface area contributed by atoms with Gasteiger partial charge < -0.3 is 10.1 Å². The molecule has 7 heteroatoms. The highest BCUT2D eigenvalue weighted by Gasteiger charge is 2.41. The number of rotatable bonds is 4. The summed E-state index contributed by atoms with van der Waals surface area (Å²) >= 11 is 6.57. The van der Waals surface area contributed by atoms with Crippen molar-refractivity contribution in [2.24, 2.45) is 0 Å². The van der Waals surface area contributed by atoms with Gasteiger partial charge in [0.1, 0.15) is 10.4 Å². The van der Waals surface area contributed by atoms with Gasteiger partial charge in [-0.3, -0.25) is 9.69 Å². The average Bonchev–Trinajstić information content (AvgIpc) is 3.22. The van der Waals surface area contributed by atoms with Gasteiger partial charge >= 0.3 is 5.97 Å². The molecular weight excluding hydrogens is 416 g/mol. The number of carboxylic acid groups (broad SMARTS) is 1. The van der Waals surface area contributed by atoms with Gasteiger partial charge in [-0.1, -0.05) is 72.5 Å². The van der Waals surface area contributed by atoms with Crippen LogP contribution < -0.4 is 10.6 Å². The van der Waals surface area contributed by atoms with E-state index in [-0.39, 0.29) is 10.7 Å². The number of benzene rings is 2. The fraction of sp³-hybridized carbons (Fsp3) is 0.130. The molecule has 0 saturated carbocycles. The van der Waals surface area contributed by atoms with E-state index in [0.717, 1.165) is 33.8 Å². The molecule has 0 aliphatic carbocycles. The molecule has 2 heterocycles. The van der Waals surface area contributed by atoms with Crippen molar-refractivity contribution in [2.45, 2.75) is 19.4 Å². The minimum atomic E-state index is -1.10. The number of carboxylic acids is 1. The number of H-pyrrole nitrogens is 1. The topological polar surface area (TPSA) is 73.4 Å². The van der Waals surface area contributed by atoms with Crippen LogP contribution in [0.1, 0.15) is 11.1 Å². The Morgan fingerprint density at radius 3 is 2.70 bits per heavy atom. The third kappa shape index (κ3) is 3.48. The number of thiocarbonyl (C=S) groups is 1. The van der Waals surface area contributed by atoms with Gasteiger partial charge in [-0.25, -0.2) is 4.79 Å². The number of amides is 1. The molecule has 30 heavy (non-hydrogen) atoms. The van der Waals surface area contributed by atoms with E-state index in [9.17, 15) is 14.7 Å². The lowest BCUT2D eigenvalue weighted by Crippen LogP contribution is -2.45. The summed E-state index contributed by atoms with van der Waals surface area (Å²) < 4.78 is 0.232. The minimum Gasteiger partial charge on any atom is -0.480 e. The van der Waals surface area contributed by atoms with Crippen molar-refractivity contribution >= 4 is 61.7 Å². The fourth-order valence-electron chi connectivity index (χ4n) is 3.60. The van der Waals surface area contributed by atoms with Crippen LogP contribution >= 0.6 is 24.0 Å². The predicted octanol–water partition coefficient (Wildman–Crippen LogP) is 2.71. The normalized spacial score (nSPS) is 16.8. The van der Waals surface area contributed by atoms with Crippen LogP contribution in [0.4, 0.5) is 0 Å². The van der Waals surface area contributed by atoms with Crippen molar-refractivity contribution < 1.29 is 14.7 Å². The molecule has 1 atom stereocenters. The molecule has 1 aromatic heterocycles. The van der Waals surface area contributed by atoms with E-state index in [1.807, 2.05) is 55.5 Å². The van der Waals surface area contributed by atoms with Crippen LogP contribution in [-0.4, -0.2) is 37.2 Å². The molecule has 0 spiro atoms. The third-order valence-corrected chi connectivity index (χ3v) is 6.43. The number of hydrogen-bond acceptors (Lipinski definition) is 4. The molecule has 0 radical (unpaired) electrons. The molecular formula is C23H18N2O3S2. The molecule has 1 unspecified atom stereocenters. The second kappa shape index (κ2) is 7.95. The summed E-state index contributed by atoms with van der Waals surface area (Å²) in [7, 11) is 0. The molecule has 5 nitrogen and oxygen atoms in total. The standard InChI is InChI=1S/C23H18N2O3S2/c1-3-16-19(15-11-13(2)9-10-17(15)24-16)20-21(26)25(23(29)30-20)18(22(27)28)12-14-7-5-4-6-8-14/h4-11,18,24H,1,12H2,2H3,(H,27,28)/b20-19-. The number of aromatic nitrogens is 1. The summed E-state index contributed by atoms with van der Waals surface area (Å²) in [6.07, 6.45) is 0.170. The van der Waals surface area contributed by atoms with E-state index >= 15 is 0 Å². The number of hydrogen-bond donors (Lipinski definition) is 2. The Labute approximate surface area is 182 Å². The van der Waals surface area contributed by atoms with E-state index in [4.69, 9.17) is 12.2 Å². The predicted molar refractivity (Wildman–Crippen MR) is 123 cm³/mol. The lowest BCUT2D eigenvalue weighted by Gasteiger charge is -2.23. The Bertz CT molecular complexity index is 1340. The van der Waals surface area contributed by atoms with Gasteiger partial charge in [-0.2, -0.15) is 0 Å². The van der Waals surface area contributed by atoms with Gasteiger partial charge in [0, 0.05) is 22.5 Å². The summed E-state index contributed by atoms with van der Waals surface area (Å²) in [5.74, 6) is -1.51. The summed E-state index contributed by atoms with van der Waals surface area (Å²) in [6, 6.07) is 14.0. The van der Waals surface area contributed by atoms with E-state index in [2.05, 4.69) is 17.3 Å². The van der Waals surface area contributed by atoms with Crippen LogP contribution in [0.25, 0.3) is 21.5 Å². The minimum absolute atomic E-state index is 0.170. The molecule has 1 saturated heterocycles. The number of aliphatic carboxylic acids is 1. The SMILES string of the molecule is C=C=c1[nH]c2ccc(C)cc2/c1=C1/SC(=S)N(C(Cc2ccccc2)C(=O)O)C1=O. The van der Waals surface area contributed by atoms with Gasteiger partial charge in [0.2, 0.25) is 0 Å². The largest absolute Gasteiger partial charge is 0.480 e. The van der Waals surface area contributed by atoms with E-state index in [1.54, 1.807) is 0 Å². The van der Waals surface area contributed by atoms with Gasteiger partial charge in [-0.15, -0.1) is 5.73 Å². The highest BCUT2D eigenvalue weighted by atomic mass is 32.2. The molecule has 1 amide bonds. The number of thioether (sulfide) groups is 1. The second-order valence-electron chi connectivity index (χ2n) is 7.02. The van der Waals surface area contributed by atoms with Crippen LogP contribution in [0.5, 0.6) is 0 Å². The Morgan fingerprint density at radius 1 is 1.30 bits per heavy atom. The van der Waals surface area contributed by atoms with E-state index in [1.165, 1.54) is 4.90 Å². The summed E-state index contributed by atoms with van der Waals surface area (Å²) in [5.41, 5.74) is 5.57. The number of aryl methyl sites for hydroxylation is 1. The van der Waals surface area contributed by atoms with Crippen molar-refractivity contribution in [1.29, 1.82) is 0 Å². The first-order valence-electron chi connectivity index (χ1n) is 9.25. The maximum absolute atomic E-state index is 13.4. The first-order chi connectivity index (χ1) is 14.4. The number of fused-ring (bicyclic) bond motifs is 1. The zero-order valence-electron chi connectivity index (χ0n) is 16.1. The Kier molecular flexibility index (Phi) is 5.35. The number of carbonyl (C=O) groups excluding carboxylic acids is 1. The van der Waals surface area contributed by atoms with Gasteiger partial charge in [-0.05, 0) is 24.6 Å². The zero-order chi connectivity index (χ0) is 21.4. The molecule has 2 N–H and O–H groups in total. The number of carbonyl (C=O) groups is 2. The highest BCUT2D eigenvalue weighted by molar-refractivity contribution is 8.30. The molecule has 4 rings (SSSR count). The quantitative estimate of drug-likeness (QED) is 0.618. The van der Waals surface area contributed by atoms with Crippen molar-refractivity contribution in [2.75, 3.05) is 0 Å². The molecule has 2 aromatic carbocycles. The van der Waals surface area contributed by atoms with Crippen LogP contribution in [0.2, 0.25) is 0 Å². The van der Waals surface area contributed by atoms with Crippen molar-refractivity contribution in [3.05, 3.63) is 76.8 Å². The average molecular weight is 435 g/mol. The third-order valence-electron chi connectivity index (χ3n) is 5.03. The van der Waals surface area contributed by atoms with Gasteiger partial charge in [0.25, 0.3) is 5.91 Å². The van der Waals surface area contributed by atoms with E-state index < -0.39 is 17.9 Å². The van der Waals surface area contributed by atoms with Gasteiger partial charge in [0.15, 0.2) is 0 Å². The summed E-state index contributed by atoms with van der Waals surface area (Å²) in [6.45, 7) is 5.70. The van der Waals surface area contributed by atoms with Crippen molar-refractivity contribution in [3.63, 3.8) is 0 Å². The van der Waals surface area contributed by atoms with E-state index in [0.29, 0.717) is 15.5 Å². The number of nitrogens with one attached hydrogen (secondary N) is 1. The summed E-state index contributed by atoms with van der Waals surface area (Å²) in [4.78, 5) is 30.3. The Hall–Kier alpha value is -3.12. The molecule has 150 valence electrons. The fourth-order valence-corrected chi connectivity index (χ4v) is 5.04. The molecule has 3 aromatic rings. The molecule has 1 fully saturated rings. The van der Waals surface area contributed by atoms with Crippen LogP contribution in [-0.2, 0) is 16.0 Å². The monoisotopic (exact) mass is 434 g/mol. The van der Waals surface area contributed by atoms with Crippen molar-refractivity contribution in [3.8, 4) is 0 Å². The first kappa shape index (κ1) is 20.2. The lowest BCUT2D eigenvalue weighted by molar-refractivity contribution is -0.144. The van der Waals surface area contributed by atoms with Gasteiger partial charge in [0.05, 0.1) is 10.3 Å². The first-order valence-corrected chi connectivity index (χ1v) is 10.5. The molecule has 0 bridgehead atoms. The smallest absolute Gasteiger partial charge is 0.327 e. The van der Waals surface area contributed by atoms with Crippen molar-refractivity contribution in [1.82, 2.24) is 9.88 Å².